The van der Waals surface area contributed by atoms with Crippen LogP contribution in [0.5, 0.6) is 23.0 Å². The average Bonchev–Trinajstić information content (AvgIpc) is 3.45. The highest BCUT2D eigenvalue weighted by Gasteiger charge is 2.23. The van der Waals surface area contributed by atoms with E-state index in [9.17, 15) is 9.59 Å². The third-order valence-corrected chi connectivity index (χ3v) is 7.19. The molecule has 5 rings (SSSR count). The van der Waals surface area contributed by atoms with E-state index >= 15 is 0 Å². The molecular weight excluding hydrogens is 614 g/mol. The molecule has 0 saturated heterocycles. The molecule has 1 heterocycles. The summed E-state index contributed by atoms with van der Waals surface area (Å²) in [6.07, 6.45) is 1.48. The molecular formula is C33H28BrN3O6. The summed E-state index contributed by atoms with van der Waals surface area (Å²) >= 11 is 3.63. The molecule has 0 aliphatic heterocycles. The highest BCUT2D eigenvalue weighted by atomic mass is 79.9. The van der Waals surface area contributed by atoms with E-state index in [0.29, 0.717) is 46.2 Å². The molecule has 0 spiro atoms. The number of carbonyl (C=O) groups is 2. The first-order valence-electron chi connectivity index (χ1n) is 13.3. The van der Waals surface area contributed by atoms with E-state index < -0.39 is 11.9 Å². The van der Waals surface area contributed by atoms with Gasteiger partial charge in [-0.2, -0.15) is 5.10 Å². The number of amides is 1. The Morgan fingerprint density at radius 3 is 2.44 bits per heavy atom. The molecule has 9 nitrogen and oxygen atoms in total. The largest absolute Gasteiger partial charge is 0.497 e. The monoisotopic (exact) mass is 641 g/mol. The van der Waals surface area contributed by atoms with E-state index in [0.717, 1.165) is 21.0 Å². The number of benzene rings is 4. The van der Waals surface area contributed by atoms with Gasteiger partial charge in [0.1, 0.15) is 17.2 Å². The van der Waals surface area contributed by atoms with Crippen LogP contribution in [-0.4, -0.2) is 43.9 Å². The third kappa shape index (κ3) is 6.39. The van der Waals surface area contributed by atoms with E-state index in [2.05, 4.69) is 31.4 Å². The molecule has 0 unspecified atom stereocenters. The number of hydrogen-bond donors (Lipinski definition) is 2. The SMILES string of the molecule is CCOc1cc(C=NNC(=O)c2[nH]c3c(OC)ccc(Br)c3c2-c2ccccc2)ccc1OC(=O)c1cccc(OC)c1. The second-order valence-electron chi connectivity index (χ2n) is 9.20. The Kier molecular flexibility index (Phi) is 9.07. The van der Waals surface area contributed by atoms with Crippen molar-refractivity contribution < 1.29 is 28.5 Å². The first-order valence-corrected chi connectivity index (χ1v) is 14.1. The fourth-order valence-corrected chi connectivity index (χ4v) is 5.09. The van der Waals surface area contributed by atoms with Crippen LogP contribution >= 0.6 is 15.9 Å². The van der Waals surface area contributed by atoms with E-state index in [1.165, 1.54) is 13.3 Å². The topological polar surface area (TPSA) is 111 Å². The molecule has 0 bridgehead atoms. The molecule has 0 atom stereocenters. The number of fused-ring (bicyclic) bond motifs is 1. The van der Waals surface area contributed by atoms with Gasteiger partial charge in [0.25, 0.3) is 5.91 Å². The number of methoxy groups -OCH3 is 2. The summed E-state index contributed by atoms with van der Waals surface area (Å²) in [7, 11) is 3.11. The summed E-state index contributed by atoms with van der Waals surface area (Å²) in [5.74, 6) is 0.768. The van der Waals surface area contributed by atoms with Gasteiger partial charge >= 0.3 is 5.97 Å². The normalized spacial score (nSPS) is 11.0. The molecule has 0 radical (unpaired) electrons. The van der Waals surface area contributed by atoms with Gasteiger partial charge in [0.05, 0.1) is 38.1 Å². The molecule has 43 heavy (non-hydrogen) atoms. The zero-order valence-corrected chi connectivity index (χ0v) is 25.2. The molecule has 1 aromatic heterocycles. The fourth-order valence-electron chi connectivity index (χ4n) is 4.56. The lowest BCUT2D eigenvalue weighted by Gasteiger charge is -2.11. The Morgan fingerprint density at radius 1 is 0.907 bits per heavy atom. The van der Waals surface area contributed by atoms with Crippen molar-refractivity contribution in [3.63, 3.8) is 0 Å². The van der Waals surface area contributed by atoms with Gasteiger partial charge in [0, 0.05) is 15.4 Å². The predicted molar refractivity (Wildman–Crippen MR) is 169 cm³/mol. The molecule has 0 aliphatic rings. The number of halogens is 1. The molecule has 4 aromatic carbocycles. The molecule has 0 aliphatic carbocycles. The van der Waals surface area contributed by atoms with Gasteiger partial charge in [-0.25, -0.2) is 10.2 Å². The van der Waals surface area contributed by atoms with Crippen molar-refractivity contribution in [3.8, 4) is 34.1 Å². The van der Waals surface area contributed by atoms with Crippen LogP contribution in [0.1, 0.15) is 33.3 Å². The predicted octanol–water partition coefficient (Wildman–Crippen LogP) is 7.00. The molecule has 2 N–H and O–H groups in total. The van der Waals surface area contributed by atoms with Crippen LogP contribution in [0.25, 0.3) is 22.0 Å². The number of carbonyl (C=O) groups excluding carboxylic acids is 2. The van der Waals surface area contributed by atoms with E-state index in [1.807, 2.05) is 49.4 Å². The summed E-state index contributed by atoms with van der Waals surface area (Å²) in [6.45, 7) is 2.18. The first kappa shape index (κ1) is 29.4. The van der Waals surface area contributed by atoms with Gasteiger partial charge in [-0.1, -0.05) is 52.3 Å². The van der Waals surface area contributed by atoms with Crippen LogP contribution in [0.4, 0.5) is 0 Å². The smallest absolute Gasteiger partial charge is 0.343 e. The van der Waals surface area contributed by atoms with Crippen molar-refractivity contribution in [1.82, 2.24) is 10.4 Å². The van der Waals surface area contributed by atoms with Gasteiger partial charge < -0.3 is 23.9 Å². The number of H-pyrrole nitrogens is 1. The third-order valence-electron chi connectivity index (χ3n) is 6.53. The molecule has 5 aromatic rings. The van der Waals surface area contributed by atoms with Gasteiger partial charge in [-0.3, -0.25) is 4.79 Å². The summed E-state index contributed by atoms with van der Waals surface area (Å²) in [5.41, 5.74) is 6.16. The summed E-state index contributed by atoms with van der Waals surface area (Å²) in [5, 5.41) is 5.00. The molecule has 0 saturated carbocycles. The number of nitrogens with zero attached hydrogens (tertiary/aromatic N) is 1. The van der Waals surface area contributed by atoms with Crippen LogP contribution in [0, 0.1) is 0 Å². The van der Waals surface area contributed by atoms with Gasteiger partial charge in [0.2, 0.25) is 0 Å². The lowest BCUT2D eigenvalue weighted by molar-refractivity contribution is 0.0727. The van der Waals surface area contributed by atoms with Crippen molar-refractivity contribution in [3.05, 3.63) is 106 Å². The van der Waals surface area contributed by atoms with E-state index in [4.69, 9.17) is 18.9 Å². The maximum absolute atomic E-state index is 13.4. The Balaban J connectivity index is 1.39. The van der Waals surface area contributed by atoms with Crippen LogP contribution in [-0.2, 0) is 0 Å². The van der Waals surface area contributed by atoms with Crippen LogP contribution in [0.3, 0.4) is 0 Å². The number of aromatic amines is 1. The molecule has 10 heteroatoms. The number of rotatable bonds is 10. The highest BCUT2D eigenvalue weighted by Crippen LogP contribution is 2.41. The number of esters is 1. The maximum atomic E-state index is 13.4. The summed E-state index contributed by atoms with van der Waals surface area (Å²) < 4.78 is 22.9. The Bertz CT molecular complexity index is 1820. The lowest BCUT2D eigenvalue weighted by atomic mass is 10.0. The second kappa shape index (κ2) is 13.3. The van der Waals surface area contributed by atoms with Crippen LogP contribution < -0.4 is 24.4 Å². The van der Waals surface area contributed by atoms with Gasteiger partial charge in [-0.05, 0) is 66.6 Å². The highest BCUT2D eigenvalue weighted by molar-refractivity contribution is 9.10. The minimum atomic E-state index is -0.552. The van der Waals surface area contributed by atoms with Crippen molar-refractivity contribution >= 4 is 44.9 Å². The summed E-state index contributed by atoms with van der Waals surface area (Å²) in [4.78, 5) is 29.4. The quantitative estimate of drug-likeness (QED) is 0.0735. The number of hydrogen-bond acceptors (Lipinski definition) is 7. The van der Waals surface area contributed by atoms with Crippen molar-refractivity contribution in [2.45, 2.75) is 6.92 Å². The van der Waals surface area contributed by atoms with Crippen molar-refractivity contribution in [2.24, 2.45) is 5.10 Å². The minimum absolute atomic E-state index is 0.251. The Labute approximate surface area is 256 Å². The van der Waals surface area contributed by atoms with Crippen molar-refractivity contribution in [1.29, 1.82) is 0 Å². The first-order chi connectivity index (χ1) is 20.9. The molecule has 1 amide bonds. The van der Waals surface area contributed by atoms with E-state index in [-0.39, 0.29) is 5.75 Å². The standard InChI is InChI=1S/C33H28BrN3O6/c1-4-42-27-17-20(13-15-25(27)43-33(39)22-11-8-12-23(18-22)40-2)19-35-37-32(38)31-28(21-9-6-5-7-10-21)29-24(34)14-16-26(41-3)30(29)36-31/h5-19,36H,4H2,1-3H3,(H,37,38). The zero-order valence-electron chi connectivity index (χ0n) is 23.6. The Hall–Kier alpha value is -5.09. The van der Waals surface area contributed by atoms with Gasteiger partial charge in [-0.15, -0.1) is 0 Å². The second-order valence-corrected chi connectivity index (χ2v) is 10.1. The average molecular weight is 643 g/mol. The van der Waals surface area contributed by atoms with Crippen LogP contribution in [0.15, 0.2) is 94.5 Å². The lowest BCUT2D eigenvalue weighted by Crippen LogP contribution is -2.19. The van der Waals surface area contributed by atoms with E-state index in [1.54, 1.807) is 49.6 Å². The Morgan fingerprint density at radius 2 is 1.70 bits per heavy atom. The number of aromatic nitrogens is 1. The fraction of sp³-hybridized carbons (Fsp3) is 0.121. The zero-order chi connectivity index (χ0) is 30.3. The minimum Gasteiger partial charge on any atom is -0.497 e. The number of nitrogens with one attached hydrogen (secondary N) is 2. The van der Waals surface area contributed by atoms with Gasteiger partial charge in [0.15, 0.2) is 11.5 Å². The maximum Gasteiger partial charge on any atom is 0.343 e. The number of hydrazone groups is 1. The summed E-state index contributed by atoms with van der Waals surface area (Å²) in [6, 6.07) is 25.0. The van der Waals surface area contributed by atoms with Crippen molar-refractivity contribution in [2.75, 3.05) is 20.8 Å². The molecule has 218 valence electrons. The molecule has 0 fully saturated rings. The van der Waals surface area contributed by atoms with Crippen LogP contribution in [0.2, 0.25) is 0 Å². The number of ether oxygens (including phenoxy) is 4.